The number of aromatic hydroxyl groups is 1. The summed E-state index contributed by atoms with van der Waals surface area (Å²) in [6.45, 7) is 2.49. The van der Waals surface area contributed by atoms with Crippen LogP contribution in [0.2, 0.25) is 0 Å². The molecule has 0 saturated carbocycles. The van der Waals surface area contributed by atoms with Crippen molar-refractivity contribution >= 4 is 15.7 Å². The van der Waals surface area contributed by atoms with Crippen LogP contribution in [0.4, 0.5) is 5.69 Å². The maximum absolute atomic E-state index is 12.1. The van der Waals surface area contributed by atoms with Gasteiger partial charge in [0.25, 0.3) is 10.0 Å². The molecule has 0 aliphatic carbocycles. The van der Waals surface area contributed by atoms with Crippen LogP contribution >= 0.6 is 0 Å². The summed E-state index contributed by atoms with van der Waals surface area (Å²) in [5, 5.41) is 9.57. The molecule has 0 aliphatic rings. The molecule has 0 saturated heterocycles. The van der Waals surface area contributed by atoms with Gasteiger partial charge in [0.1, 0.15) is 11.5 Å². The molecule has 0 aliphatic heterocycles. The lowest BCUT2D eigenvalue weighted by molar-refractivity contribution is 0.413. The number of phenolic OH excluding ortho intramolecular Hbond substituents is 1. The largest absolute Gasteiger partial charge is 0.506 e. The smallest absolute Gasteiger partial charge is 0.281 e. The molecule has 0 atom stereocenters. The number of imidazole rings is 1. The van der Waals surface area contributed by atoms with Crippen LogP contribution in [0.5, 0.6) is 11.5 Å². The van der Waals surface area contributed by atoms with Gasteiger partial charge in [-0.25, -0.2) is 4.98 Å². The molecule has 8 heteroatoms. The Balaban J connectivity index is 2.32. The van der Waals surface area contributed by atoms with E-state index in [1.54, 1.807) is 4.57 Å². The minimum Gasteiger partial charge on any atom is -0.506 e. The number of benzene rings is 1. The van der Waals surface area contributed by atoms with Gasteiger partial charge in [-0.3, -0.25) is 4.72 Å². The summed E-state index contributed by atoms with van der Waals surface area (Å²) in [6.07, 6.45) is 2.85. The highest BCUT2D eigenvalue weighted by molar-refractivity contribution is 7.92. The molecular formula is C12H15N3O4S. The number of anilines is 1. The zero-order chi connectivity index (χ0) is 14.8. The summed E-state index contributed by atoms with van der Waals surface area (Å²) in [5.41, 5.74) is 0.0374. The molecule has 0 amide bonds. The van der Waals surface area contributed by atoms with Crippen molar-refractivity contribution in [3.05, 3.63) is 30.7 Å². The Labute approximate surface area is 116 Å². The summed E-state index contributed by atoms with van der Waals surface area (Å²) < 4.78 is 33.2. The molecule has 0 spiro atoms. The maximum Gasteiger partial charge on any atom is 0.281 e. The molecule has 1 heterocycles. The van der Waals surface area contributed by atoms with Crippen LogP contribution in [0, 0.1) is 0 Å². The van der Waals surface area contributed by atoms with E-state index in [1.807, 2.05) is 6.92 Å². The molecule has 1 aromatic carbocycles. The van der Waals surface area contributed by atoms with Crippen molar-refractivity contribution in [3.8, 4) is 11.5 Å². The molecular weight excluding hydrogens is 282 g/mol. The fourth-order valence-corrected chi connectivity index (χ4v) is 2.59. The average molecular weight is 297 g/mol. The molecule has 0 bridgehead atoms. The van der Waals surface area contributed by atoms with Gasteiger partial charge in [0.2, 0.25) is 0 Å². The quantitative estimate of drug-likeness (QED) is 0.814. The number of rotatable bonds is 5. The third kappa shape index (κ3) is 2.85. The molecule has 0 unspecified atom stereocenters. The first-order valence-corrected chi connectivity index (χ1v) is 7.36. The second-order valence-electron chi connectivity index (χ2n) is 4.03. The Kier molecular flexibility index (Phi) is 3.84. The van der Waals surface area contributed by atoms with Crippen molar-refractivity contribution in [2.24, 2.45) is 0 Å². The highest BCUT2D eigenvalue weighted by Gasteiger charge is 2.19. The molecule has 7 nitrogen and oxygen atoms in total. The van der Waals surface area contributed by atoms with E-state index in [-0.39, 0.29) is 16.5 Å². The SMILES string of the molecule is CCn1cnc(S(=O)(=O)Nc2cc(OC)ccc2O)c1. The van der Waals surface area contributed by atoms with Gasteiger partial charge in [-0.05, 0) is 19.1 Å². The van der Waals surface area contributed by atoms with Gasteiger partial charge < -0.3 is 14.4 Å². The lowest BCUT2D eigenvalue weighted by Crippen LogP contribution is -2.13. The van der Waals surface area contributed by atoms with Crippen molar-refractivity contribution < 1.29 is 18.3 Å². The van der Waals surface area contributed by atoms with Gasteiger partial charge in [-0.15, -0.1) is 0 Å². The first kappa shape index (κ1) is 14.2. The van der Waals surface area contributed by atoms with Gasteiger partial charge in [-0.2, -0.15) is 8.42 Å². The summed E-state index contributed by atoms with van der Waals surface area (Å²) in [5.74, 6) is 0.240. The number of hydrogen-bond acceptors (Lipinski definition) is 5. The first-order valence-electron chi connectivity index (χ1n) is 5.88. The third-order valence-electron chi connectivity index (χ3n) is 2.70. The standard InChI is InChI=1S/C12H15N3O4S/c1-3-15-7-12(13-8-15)20(17,18)14-10-6-9(19-2)4-5-11(10)16/h4-8,14,16H,3H2,1-2H3. The second kappa shape index (κ2) is 5.41. The van der Waals surface area contributed by atoms with Crippen LogP contribution < -0.4 is 9.46 Å². The Bertz CT molecular complexity index is 709. The number of phenols is 1. The van der Waals surface area contributed by atoms with Gasteiger partial charge in [0, 0.05) is 18.8 Å². The summed E-state index contributed by atoms with van der Waals surface area (Å²) in [7, 11) is -2.40. The van der Waals surface area contributed by atoms with E-state index in [1.165, 1.54) is 37.8 Å². The summed E-state index contributed by atoms with van der Waals surface area (Å²) >= 11 is 0. The molecule has 2 N–H and O–H groups in total. The van der Waals surface area contributed by atoms with Crippen LogP contribution in [0.15, 0.2) is 35.7 Å². The Morgan fingerprint density at radius 3 is 2.80 bits per heavy atom. The van der Waals surface area contributed by atoms with E-state index >= 15 is 0 Å². The monoisotopic (exact) mass is 297 g/mol. The highest BCUT2D eigenvalue weighted by Crippen LogP contribution is 2.29. The normalized spacial score (nSPS) is 11.3. The predicted molar refractivity (Wildman–Crippen MR) is 73.4 cm³/mol. The molecule has 20 heavy (non-hydrogen) atoms. The van der Waals surface area contributed by atoms with Crippen molar-refractivity contribution in [2.45, 2.75) is 18.5 Å². The first-order chi connectivity index (χ1) is 9.46. The molecule has 2 rings (SSSR count). The van der Waals surface area contributed by atoms with Gasteiger partial charge in [-0.1, -0.05) is 0 Å². The summed E-state index contributed by atoms with van der Waals surface area (Å²) in [6, 6.07) is 4.27. The minimum atomic E-state index is -3.85. The molecule has 108 valence electrons. The van der Waals surface area contributed by atoms with Crippen molar-refractivity contribution in [1.29, 1.82) is 0 Å². The Morgan fingerprint density at radius 2 is 2.20 bits per heavy atom. The molecule has 2 aromatic rings. The minimum absolute atomic E-state index is 0.0374. The van der Waals surface area contributed by atoms with E-state index in [0.29, 0.717) is 12.3 Å². The number of methoxy groups -OCH3 is 1. The Hall–Kier alpha value is -2.22. The van der Waals surface area contributed by atoms with Gasteiger partial charge in [0.05, 0.1) is 19.1 Å². The third-order valence-corrected chi connectivity index (χ3v) is 3.95. The zero-order valence-electron chi connectivity index (χ0n) is 11.1. The van der Waals surface area contributed by atoms with Crippen LogP contribution in [0.3, 0.4) is 0 Å². The van der Waals surface area contributed by atoms with Crippen molar-refractivity contribution in [3.63, 3.8) is 0 Å². The predicted octanol–water partition coefficient (Wildman–Crippen LogP) is 1.42. The number of nitrogens with one attached hydrogen (secondary N) is 1. The van der Waals surface area contributed by atoms with E-state index in [2.05, 4.69) is 9.71 Å². The zero-order valence-corrected chi connectivity index (χ0v) is 11.9. The fraction of sp³-hybridized carbons (Fsp3) is 0.250. The number of aryl methyl sites for hydroxylation is 1. The number of ether oxygens (including phenoxy) is 1. The van der Waals surface area contributed by atoms with Crippen LogP contribution in [0.25, 0.3) is 0 Å². The Morgan fingerprint density at radius 1 is 1.45 bits per heavy atom. The fourth-order valence-electron chi connectivity index (χ4n) is 1.57. The number of sulfonamides is 1. The molecule has 1 aromatic heterocycles. The average Bonchev–Trinajstić information content (AvgIpc) is 2.91. The lowest BCUT2D eigenvalue weighted by atomic mass is 10.3. The van der Waals surface area contributed by atoms with Crippen molar-refractivity contribution in [1.82, 2.24) is 9.55 Å². The van der Waals surface area contributed by atoms with E-state index in [9.17, 15) is 13.5 Å². The van der Waals surface area contributed by atoms with Crippen LogP contribution in [-0.2, 0) is 16.6 Å². The topological polar surface area (TPSA) is 93.5 Å². The number of aromatic nitrogens is 2. The number of nitrogens with zero attached hydrogens (tertiary/aromatic N) is 2. The van der Waals surface area contributed by atoms with Gasteiger partial charge in [0.15, 0.2) is 5.03 Å². The van der Waals surface area contributed by atoms with Gasteiger partial charge >= 0.3 is 0 Å². The van der Waals surface area contributed by atoms with Crippen LogP contribution in [0.1, 0.15) is 6.92 Å². The maximum atomic E-state index is 12.1. The van der Waals surface area contributed by atoms with Crippen molar-refractivity contribution in [2.75, 3.05) is 11.8 Å². The molecule has 0 radical (unpaired) electrons. The lowest BCUT2D eigenvalue weighted by Gasteiger charge is -2.09. The molecule has 0 fully saturated rings. The van der Waals surface area contributed by atoms with E-state index in [0.717, 1.165) is 0 Å². The van der Waals surface area contributed by atoms with E-state index < -0.39 is 10.0 Å². The highest BCUT2D eigenvalue weighted by atomic mass is 32.2. The van der Waals surface area contributed by atoms with Crippen LogP contribution in [-0.4, -0.2) is 30.2 Å². The summed E-state index contributed by atoms with van der Waals surface area (Å²) in [4.78, 5) is 3.83. The number of hydrogen-bond donors (Lipinski definition) is 2. The second-order valence-corrected chi connectivity index (χ2v) is 5.66. The van der Waals surface area contributed by atoms with E-state index in [4.69, 9.17) is 4.74 Å².